The summed E-state index contributed by atoms with van der Waals surface area (Å²) in [5.41, 5.74) is 1.01. The molecule has 0 spiro atoms. The number of H-pyrrole nitrogens is 1. The zero-order valence-corrected chi connectivity index (χ0v) is 9.38. The second-order valence-electron chi connectivity index (χ2n) is 3.40. The van der Waals surface area contributed by atoms with Crippen molar-refractivity contribution in [1.82, 2.24) is 15.0 Å². The van der Waals surface area contributed by atoms with Crippen molar-refractivity contribution < 1.29 is 0 Å². The van der Waals surface area contributed by atoms with Gasteiger partial charge in [0.15, 0.2) is 0 Å². The van der Waals surface area contributed by atoms with Crippen LogP contribution in [0.1, 0.15) is 0 Å². The average molecular weight is 228 g/mol. The molecule has 2 aromatic rings. The summed E-state index contributed by atoms with van der Waals surface area (Å²) in [4.78, 5) is 13.1. The standard InChI is InChI=1S/C11H12N6/c1-17(9-2-4-13-7-9)11-6-10(14-5-3-12)15-8-16-11/h2,4,6-8,13H,5H2,1H3,(H,14,15,16). The third-order valence-electron chi connectivity index (χ3n) is 2.31. The normalized spacial score (nSPS) is 9.65. The van der Waals surface area contributed by atoms with Gasteiger partial charge in [0.25, 0.3) is 0 Å². The molecule has 0 aliphatic carbocycles. The van der Waals surface area contributed by atoms with E-state index in [0.29, 0.717) is 5.82 Å². The van der Waals surface area contributed by atoms with Crippen LogP contribution in [0.2, 0.25) is 0 Å². The van der Waals surface area contributed by atoms with Gasteiger partial charge in [-0.2, -0.15) is 5.26 Å². The van der Waals surface area contributed by atoms with Crippen molar-refractivity contribution in [3.63, 3.8) is 0 Å². The van der Waals surface area contributed by atoms with Gasteiger partial charge < -0.3 is 15.2 Å². The molecule has 0 atom stereocenters. The Kier molecular flexibility index (Phi) is 3.21. The van der Waals surface area contributed by atoms with E-state index in [0.717, 1.165) is 11.5 Å². The molecule has 0 unspecified atom stereocenters. The maximum absolute atomic E-state index is 8.49. The van der Waals surface area contributed by atoms with Crippen LogP contribution in [-0.2, 0) is 0 Å². The van der Waals surface area contributed by atoms with Crippen molar-refractivity contribution in [3.8, 4) is 6.07 Å². The van der Waals surface area contributed by atoms with Gasteiger partial charge in [0.05, 0.1) is 11.8 Å². The Hall–Kier alpha value is -2.55. The molecule has 2 heterocycles. The molecule has 0 aliphatic heterocycles. The molecule has 2 N–H and O–H groups in total. The van der Waals surface area contributed by atoms with Crippen molar-refractivity contribution in [1.29, 1.82) is 5.26 Å². The van der Waals surface area contributed by atoms with E-state index in [1.807, 2.05) is 36.5 Å². The highest BCUT2D eigenvalue weighted by Gasteiger charge is 2.06. The van der Waals surface area contributed by atoms with E-state index in [1.54, 1.807) is 6.07 Å². The number of rotatable bonds is 4. The molecule has 0 aliphatic rings. The van der Waals surface area contributed by atoms with Crippen molar-refractivity contribution in [2.45, 2.75) is 0 Å². The fourth-order valence-electron chi connectivity index (χ4n) is 1.41. The fraction of sp³-hybridized carbons (Fsp3) is 0.182. The molecular formula is C11H12N6. The minimum Gasteiger partial charge on any atom is -0.366 e. The molecule has 0 fully saturated rings. The molecule has 0 amide bonds. The number of aromatic nitrogens is 3. The number of anilines is 3. The van der Waals surface area contributed by atoms with Crippen LogP contribution in [-0.4, -0.2) is 28.5 Å². The monoisotopic (exact) mass is 228 g/mol. The SMILES string of the molecule is CN(c1cc[nH]c1)c1cc(NCC#N)ncn1. The van der Waals surface area contributed by atoms with Gasteiger partial charge in [0, 0.05) is 25.5 Å². The Morgan fingerprint density at radius 2 is 2.41 bits per heavy atom. The predicted octanol–water partition coefficient (Wildman–Crippen LogP) is 1.51. The van der Waals surface area contributed by atoms with E-state index in [4.69, 9.17) is 5.26 Å². The van der Waals surface area contributed by atoms with Crippen molar-refractivity contribution >= 4 is 17.3 Å². The van der Waals surface area contributed by atoms with Gasteiger partial charge in [-0.05, 0) is 6.07 Å². The molecule has 0 bridgehead atoms. The van der Waals surface area contributed by atoms with Crippen LogP contribution in [0.3, 0.4) is 0 Å². The lowest BCUT2D eigenvalue weighted by atomic mass is 10.4. The summed E-state index contributed by atoms with van der Waals surface area (Å²) in [6.07, 6.45) is 5.20. The van der Waals surface area contributed by atoms with Crippen LogP contribution in [0, 0.1) is 11.3 Å². The van der Waals surface area contributed by atoms with Crippen LogP contribution in [0.5, 0.6) is 0 Å². The van der Waals surface area contributed by atoms with Crippen molar-refractivity contribution in [2.24, 2.45) is 0 Å². The quantitative estimate of drug-likeness (QED) is 0.775. The number of aromatic amines is 1. The summed E-state index contributed by atoms with van der Waals surface area (Å²) in [5.74, 6) is 1.40. The zero-order valence-electron chi connectivity index (χ0n) is 9.38. The molecule has 6 heteroatoms. The summed E-state index contributed by atoms with van der Waals surface area (Å²) in [6, 6.07) is 5.75. The first-order chi connectivity index (χ1) is 8.31. The Morgan fingerprint density at radius 3 is 3.12 bits per heavy atom. The molecule has 17 heavy (non-hydrogen) atoms. The predicted molar refractivity (Wildman–Crippen MR) is 65.0 cm³/mol. The minimum absolute atomic E-state index is 0.227. The average Bonchev–Trinajstić information content (AvgIpc) is 2.89. The van der Waals surface area contributed by atoms with E-state index in [2.05, 4.69) is 20.3 Å². The highest BCUT2D eigenvalue weighted by Crippen LogP contribution is 2.21. The van der Waals surface area contributed by atoms with Gasteiger partial charge in [-0.1, -0.05) is 0 Å². The first-order valence-electron chi connectivity index (χ1n) is 5.10. The highest BCUT2D eigenvalue weighted by atomic mass is 15.2. The van der Waals surface area contributed by atoms with E-state index < -0.39 is 0 Å². The van der Waals surface area contributed by atoms with Crippen LogP contribution in [0.25, 0.3) is 0 Å². The Bertz CT molecular complexity index is 513. The molecule has 0 saturated carbocycles. The first-order valence-corrected chi connectivity index (χ1v) is 5.10. The fourth-order valence-corrected chi connectivity index (χ4v) is 1.41. The number of hydrogen-bond donors (Lipinski definition) is 2. The topological polar surface area (TPSA) is 80.6 Å². The summed E-state index contributed by atoms with van der Waals surface area (Å²) < 4.78 is 0. The molecule has 86 valence electrons. The second-order valence-corrected chi connectivity index (χ2v) is 3.40. The first kappa shape index (κ1) is 11.0. The van der Waals surface area contributed by atoms with E-state index in [1.165, 1.54) is 6.33 Å². The molecule has 0 aromatic carbocycles. The second kappa shape index (κ2) is 4.99. The molecular weight excluding hydrogens is 216 g/mol. The largest absolute Gasteiger partial charge is 0.366 e. The van der Waals surface area contributed by atoms with Gasteiger partial charge in [-0.25, -0.2) is 9.97 Å². The molecule has 0 saturated heterocycles. The van der Waals surface area contributed by atoms with Crippen LogP contribution in [0.4, 0.5) is 17.3 Å². The van der Waals surface area contributed by atoms with Crippen LogP contribution in [0.15, 0.2) is 30.9 Å². The number of hydrogen-bond acceptors (Lipinski definition) is 5. The van der Waals surface area contributed by atoms with E-state index in [9.17, 15) is 0 Å². The van der Waals surface area contributed by atoms with Gasteiger partial charge in [-0.15, -0.1) is 0 Å². The summed E-state index contributed by atoms with van der Waals surface area (Å²) in [5, 5.41) is 11.4. The number of nitrogens with one attached hydrogen (secondary N) is 2. The van der Waals surface area contributed by atoms with E-state index in [-0.39, 0.29) is 6.54 Å². The molecule has 2 rings (SSSR count). The smallest absolute Gasteiger partial charge is 0.138 e. The summed E-state index contributed by atoms with van der Waals surface area (Å²) >= 11 is 0. The maximum atomic E-state index is 8.49. The Morgan fingerprint density at radius 1 is 1.53 bits per heavy atom. The van der Waals surface area contributed by atoms with Gasteiger partial charge in [-0.3, -0.25) is 0 Å². The van der Waals surface area contributed by atoms with Crippen molar-refractivity contribution in [2.75, 3.05) is 23.8 Å². The van der Waals surface area contributed by atoms with Crippen LogP contribution < -0.4 is 10.2 Å². The lowest BCUT2D eigenvalue weighted by Crippen LogP contribution is -2.11. The Labute approximate surface area is 98.9 Å². The molecule has 2 aromatic heterocycles. The Balaban J connectivity index is 2.19. The third-order valence-corrected chi connectivity index (χ3v) is 2.31. The van der Waals surface area contributed by atoms with E-state index >= 15 is 0 Å². The lowest BCUT2D eigenvalue weighted by Gasteiger charge is -2.16. The van der Waals surface area contributed by atoms with Gasteiger partial charge in [0.1, 0.15) is 24.5 Å². The van der Waals surface area contributed by atoms with Crippen molar-refractivity contribution in [3.05, 3.63) is 30.9 Å². The third kappa shape index (κ3) is 2.52. The molecule has 0 radical (unpaired) electrons. The maximum Gasteiger partial charge on any atom is 0.138 e. The molecule has 6 nitrogen and oxygen atoms in total. The summed E-state index contributed by atoms with van der Waals surface area (Å²) in [6.45, 7) is 0.227. The van der Waals surface area contributed by atoms with Gasteiger partial charge in [0.2, 0.25) is 0 Å². The summed E-state index contributed by atoms with van der Waals surface area (Å²) in [7, 11) is 1.92. The number of nitriles is 1. The highest BCUT2D eigenvalue weighted by molar-refractivity contribution is 5.60. The lowest BCUT2D eigenvalue weighted by molar-refractivity contribution is 1.07. The minimum atomic E-state index is 0.227. The van der Waals surface area contributed by atoms with Gasteiger partial charge >= 0.3 is 0 Å². The number of nitrogens with zero attached hydrogens (tertiary/aromatic N) is 4. The zero-order chi connectivity index (χ0) is 12.1. The van der Waals surface area contributed by atoms with Crippen LogP contribution >= 0.6 is 0 Å².